The van der Waals surface area contributed by atoms with Gasteiger partial charge in [-0.05, 0) is 29.8 Å². The molecule has 1 amide bonds. The normalized spacial score (nSPS) is 10.0. The number of nitrogens with one attached hydrogen (secondary N) is 1. The molecule has 0 aliphatic carbocycles. The van der Waals surface area contributed by atoms with E-state index >= 15 is 0 Å². The molecule has 0 bridgehead atoms. The standard InChI is InChI=1S/C15H15ClN2O3/c1-20-12-4-3-10(7-13(12)21-2)9-18-15(19)11-5-6-17-14(16)8-11/h3-8H,9H2,1-2H3,(H,18,19). The number of aromatic nitrogens is 1. The summed E-state index contributed by atoms with van der Waals surface area (Å²) in [5.41, 5.74) is 1.37. The van der Waals surface area contributed by atoms with E-state index in [9.17, 15) is 4.79 Å². The zero-order chi connectivity index (χ0) is 15.2. The van der Waals surface area contributed by atoms with Crippen LogP contribution in [0.15, 0.2) is 36.5 Å². The van der Waals surface area contributed by atoms with E-state index in [-0.39, 0.29) is 11.1 Å². The van der Waals surface area contributed by atoms with E-state index in [1.165, 1.54) is 12.3 Å². The fraction of sp³-hybridized carbons (Fsp3) is 0.200. The minimum absolute atomic E-state index is 0.214. The van der Waals surface area contributed by atoms with Crippen LogP contribution >= 0.6 is 11.6 Å². The Kier molecular flexibility index (Phi) is 5.00. The summed E-state index contributed by atoms with van der Waals surface area (Å²) in [7, 11) is 3.14. The minimum Gasteiger partial charge on any atom is -0.493 e. The zero-order valence-corrected chi connectivity index (χ0v) is 12.5. The Morgan fingerprint density at radius 2 is 1.95 bits per heavy atom. The number of hydrogen-bond donors (Lipinski definition) is 1. The molecular formula is C15H15ClN2O3. The van der Waals surface area contributed by atoms with Gasteiger partial charge in [-0.25, -0.2) is 4.98 Å². The minimum atomic E-state index is -0.214. The average Bonchev–Trinajstić information content (AvgIpc) is 2.52. The molecule has 1 aromatic heterocycles. The number of ether oxygens (including phenoxy) is 2. The summed E-state index contributed by atoms with van der Waals surface area (Å²) in [6, 6.07) is 8.60. The van der Waals surface area contributed by atoms with Gasteiger partial charge < -0.3 is 14.8 Å². The SMILES string of the molecule is COc1ccc(CNC(=O)c2ccnc(Cl)c2)cc1OC. The lowest BCUT2D eigenvalue weighted by atomic mass is 10.2. The number of pyridine rings is 1. The lowest BCUT2D eigenvalue weighted by molar-refractivity contribution is 0.0950. The van der Waals surface area contributed by atoms with Crippen molar-refractivity contribution in [2.75, 3.05) is 14.2 Å². The van der Waals surface area contributed by atoms with Crippen LogP contribution in [0.4, 0.5) is 0 Å². The fourth-order valence-corrected chi connectivity index (χ4v) is 1.99. The lowest BCUT2D eigenvalue weighted by Gasteiger charge is -2.10. The van der Waals surface area contributed by atoms with E-state index in [0.29, 0.717) is 23.6 Å². The predicted octanol–water partition coefficient (Wildman–Crippen LogP) is 2.68. The first-order valence-electron chi connectivity index (χ1n) is 6.24. The third kappa shape index (κ3) is 3.86. The zero-order valence-electron chi connectivity index (χ0n) is 11.7. The first kappa shape index (κ1) is 15.1. The summed E-state index contributed by atoms with van der Waals surface area (Å²) in [4.78, 5) is 15.8. The van der Waals surface area contributed by atoms with Gasteiger partial charge in [0.25, 0.3) is 5.91 Å². The third-order valence-corrected chi connectivity index (χ3v) is 3.10. The molecule has 0 spiro atoms. The van der Waals surface area contributed by atoms with Crippen molar-refractivity contribution < 1.29 is 14.3 Å². The summed E-state index contributed by atoms with van der Waals surface area (Å²) >= 11 is 5.76. The number of carbonyl (C=O) groups excluding carboxylic acids is 1. The molecule has 0 saturated carbocycles. The molecule has 0 atom stereocenters. The maximum absolute atomic E-state index is 12.0. The van der Waals surface area contributed by atoms with Crippen LogP contribution in [0.2, 0.25) is 5.15 Å². The molecule has 1 N–H and O–H groups in total. The van der Waals surface area contributed by atoms with Gasteiger partial charge in [0, 0.05) is 18.3 Å². The molecule has 1 aromatic carbocycles. The Morgan fingerprint density at radius 1 is 1.19 bits per heavy atom. The fourth-order valence-electron chi connectivity index (χ4n) is 1.82. The smallest absolute Gasteiger partial charge is 0.251 e. The Hall–Kier alpha value is -2.27. The largest absolute Gasteiger partial charge is 0.493 e. The van der Waals surface area contributed by atoms with Crippen LogP contribution < -0.4 is 14.8 Å². The van der Waals surface area contributed by atoms with Gasteiger partial charge in [0.05, 0.1) is 14.2 Å². The van der Waals surface area contributed by atoms with Gasteiger partial charge in [-0.15, -0.1) is 0 Å². The van der Waals surface area contributed by atoms with Crippen LogP contribution in [0.25, 0.3) is 0 Å². The van der Waals surface area contributed by atoms with Crippen molar-refractivity contribution in [3.05, 3.63) is 52.8 Å². The third-order valence-electron chi connectivity index (χ3n) is 2.89. The van der Waals surface area contributed by atoms with Gasteiger partial charge in [-0.1, -0.05) is 17.7 Å². The van der Waals surface area contributed by atoms with Crippen molar-refractivity contribution in [3.63, 3.8) is 0 Å². The van der Waals surface area contributed by atoms with Gasteiger partial charge in [0.15, 0.2) is 11.5 Å². The van der Waals surface area contributed by atoms with Gasteiger partial charge in [-0.3, -0.25) is 4.79 Å². The molecule has 2 aromatic rings. The molecule has 0 aliphatic rings. The number of methoxy groups -OCH3 is 2. The highest BCUT2D eigenvalue weighted by Crippen LogP contribution is 2.27. The Labute approximate surface area is 127 Å². The summed E-state index contributed by atoms with van der Waals surface area (Å²) in [5.74, 6) is 1.05. The molecule has 2 rings (SSSR count). The van der Waals surface area contributed by atoms with E-state index in [2.05, 4.69) is 10.3 Å². The van der Waals surface area contributed by atoms with E-state index in [1.54, 1.807) is 26.4 Å². The van der Waals surface area contributed by atoms with Crippen molar-refractivity contribution in [2.45, 2.75) is 6.54 Å². The summed E-state index contributed by atoms with van der Waals surface area (Å²) < 4.78 is 10.4. The Balaban J connectivity index is 2.04. The highest BCUT2D eigenvalue weighted by molar-refractivity contribution is 6.29. The Morgan fingerprint density at radius 3 is 2.62 bits per heavy atom. The monoisotopic (exact) mass is 306 g/mol. The van der Waals surface area contributed by atoms with Crippen LogP contribution in [-0.2, 0) is 6.54 Å². The van der Waals surface area contributed by atoms with Crippen molar-refractivity contribution in [3.8, 4) is 11.5 Å². The van der Waals surface area contributed by atoms with Crippen LogP contribution in [0.1, 0.15) is 15.9 Å². The molecule has 0 fully saturated rings. The second kappa shape index (κ2) is 6.95. The number of benzene rings is 1. The summed E-state index contributed by atoms with van der Waals surface area (Å²) in [6.07, 6.45) is 1.49. The van der Waals surface area contributed by atoms with Gasteiger partial charge >= 0.3 is 0 Å². The lowest BCUT2D eigenvalue weighted by Crippen LogP contribution is -2.22. The van der Waals surface area contributed by atoms with Crippen LogP contribution in [-0.4, -0.2) is 25.1 Å². The van der Waals surface area contributed by atoms with Gasteiger partial charge in [-0.2, -0.15) is 0 Å². The van der Waals surface area contributed by atoms with E-state index in [4.69, 9.17) is 21.1 Å². The number of carbonyl (C=O) groups is 1. The molecule has 0 radical (unpaired) electrons. The van der Waals surface area contributed by atoms with Gasteiger partial charge in [0.1, 0.15) is 5.15 Å². The molecular weight excluding hydrogens is 292 g/mol. The van der Waals surface area contributed by atoms with E-state index in [0.717, 1.165) is 5.56 Å². The molecule has 6 heteroatoms. The topological polar surface area (TPSA) is 60.5 Å². The molecule has 0 unspecified atom stereocenters. The van der Waals surface area contributed by atoms with Crippen LogP contribution in [0.5, 0.6) is 11.5 Å². The highest BCUT2D eigenvalue weighted by Gasteiger charge is 2.08. The van der Waals surface area contributed by atoms with Crippen molar-refractivity contribution in [1.29, 1.82) is 0 Å². The predicted molar refractivity (Wildman–Crippen MR) is 80.0 cm³/mol. The van der Waals surface area contributed by atoms with Crippen molar-refractivity contribution in [2.24, 2.45) is 0 Å². The molecule has 110 valence electrons. The number of halogens is 1. The quantitative estimate of drug-likeness (QED) is 0.863. The first-order chi connectivity index (χ1) is 10.1. The van der Waals surface area contributed by atoms with Crippen molar-refractivity contribution in [1.82, 2.24) is 10.3 Å². The Bertz CT molecular complexity index is 647. The second-order valence-corrected chi connectivity index (χ2v) is 4.63. The molecule has 0 saturated heterocycles. The van der Waals surface area contributed by atoms with Crippen molar-refractivity contribution >= 4 is 17.5 Å². The molecule has 1 heterocycles. The van der Waals surface area contributed by atoms with E-state index in [1.807, 2.05) is 12.1 Å². The molecule has 0 aliphatic heterocycles. The highest BCUT2D eigenvalue weighted by atomic mass is 35.5. The number of amides is 1. The second-order valence-electron chi connectivity index (χ2n) is 4.24. The van der Waals surface area contributed by atoms with Crippen LogP contribution in [0.3, 0.4) is 0 Å². The first-order valence-corrected chi connectivity index (χ1v) is 6.62. The average molecular weight is 307 g/mol. The van der Waals surface area contributed by atoms with Crippen LogP contribution in [0, 0.1) is 0 Å². The maximum atomic E-state index is 12.0. The number of nitrogens with zero attached hydrogens (tertiary/aromatic N) is 1. The number of rotatable bonds is 5. The summed E-state index contributed by atoms with van der Waals surface area (Å²) in [6.45, 7) is 0.374. The van der Waals surface area contributed by atoms with Gasteiger partial charge in [0.2, 0.25) is 0 Å². The van der Waals surface area contributed by atoms with E-state index < -0.39 is 0 Å². The maximum Gasteiger partial charge on any atom is 0.251 e. The number of hydrogen-bond acceptors (Lipinski definition) is 4. The summed E-state index contributed by atoms with van der Waals surface area (Å²) in [5, 5.41) is 3.10. The molecule has 21 heavy (non-hydrogen) atoms. The molecule has 5 nitrogen and oxygen atoms in total.